The van der Waals surface area contributed by atoms with E-state index in [9.17, 15) is 13.5 Å². The van der Waals surface area contributed by atoms with Gasteiger partial charge in [-0.2, -0.15) is 0 Å². The zero-order valence-electron chi connectivity index (χ0n) is 7.45. The number of alkyl halides is 1. The first-order chi connectivity index (χ1) is 6.08. The van der Waals surface area contributed by atoms with Crippen LogP contribution in [0.4, 0.5) is 0 Å². The Labute approximate surface area is 84.0 Å². The Balaban J connectivity index is 2.68. The van der Waals surface area contributed by atoms with Gasteiger partial charge < -0.3 is 5.11 Å². The van der Waals surface area contributed by atoms with Gasteiger partial charge in [-0.25, -0.2) is 8.42 Å². The fraction of sp³-hybridized carbons (Fsp3) is 1.00. The van der Waals surface area contributed by atoms with Gasteiger partial charge in [0, 0.05) is 5.88 Å². The van der Waals surface area contributed by atoms with Gasteiger partial charge in [0.2, 0.25) is 0 Å². The van der Waals surface area contributed by atoms with E-state index in [0.29, 0.717) is 12.8 Å². The van der Waals surface area contributed by atoms with Crippen molar-refractivity contribution in [2.24, 2.45) is 0 Å². The number of halogens is 1. The van der Waals surface area contributed by atoms with E-state index in [4.69, 9.17) is 11.6 Å². The summed E-state index contributed by atoms with van der Waals surface area (Å²) >= 11 is 5.39. The summed E-state index contributed by atoms with van der Waals surface area (Å²) in [5.41, 5.74) is 0. The monoisotopic (exact) mass is 226 g/mol. The highest BCUT2D eigenvalue weighted by Gasteiger charge is 2.33. The zero-order chi connectivity index (χ0) is 9.90. The van der Waals surface area contributed by atoms with E-state index in [2.05, 4.69) is 0 Å². The van der Waals surface area contributed by atoms with Crippen molar-refractivity contribution in [3.05, 3.63) is 0 Å². The maximum absolute atomic E-state index is 11.6. The molecule has 5 heteroatoms. The van der Waals surface area contributed by atoms with Crippen LogP contribution in [-0.2, 0) is 9.84 Å². The van der Waals surface area contributed by atoms with E-state index in [-0.39, 0.29) is 11.6 Å². The van der Waals surface area contributed by atoms with Crippen LogP contribution in [-0.4, -0.2) is 36.5 Å². The molecule has 0 heterocycles. The van der Waals surface area contributed by atoms with E-state index >= 15 is 0 Å². The van der Waals surface area contributed by atoms with Crippen molar-refractivity contribution < 1.29 is 13.5 Å². The number of hydrogen-bond donors (Lipinski definition) is 1. The lowest BCUT2D eigenvalue weighted by atomic mass is 9.97. The summed E-state index contributed by atoms with van der Waals surface area (Å²) in [6.45, 7) is 0. The summed E-state index contributed by atoms with van der Waals surface area (Å²) < 4.78 is 23.1. The first-order valence-electron chi connectivity index (χ1n) is 4.53. The summed E-state index contributed by atoms with van der Waals surface area (Å²) in [7, 11) is -3.16. The first-order valence-corrected chi connectivity index (χ1v) is 6.78. The van der Waals surface area contributed by atoms with Crippen molar-refractivity contribution in [3.8, 4) is 0 Å². The average molecular weight is 227 g/mol. The van der Waals surface area contributed by atoms with Gasteiger partial charge in [-0.1, -0.05) is 12.8 Å². The van der Waals surface area contributed by atoms with E-state index < -0.39 is 21.2 Å². The minimum absolute atomic E-state index is 0.0176. The minimum Gasteiger partial charge on any atom is -0.392 e. The minimum atomic E-state index is -3.16. The zero-order valence-corrected chi connectivity index (χ0v) is 9.02. The number of aliphatic hydroxyl groups is 1. The van der Waals surface area contributed by atoms with Crippen molar-refractivity contribution >= 4 is 21.4 Å². The summed E-state index contributed by atoms with van der Waals surface area (Å²) in [5, 5.41) is 8.94. The van der Waals surface area contributed by atoms with E-state index in [1.807, 2.05) is 0 Å². The largest absolute Gasteiger partial charge is 0.392 e. The van der Waals surface area contributed by atoms with Crippen molar-refractivity contribution in [2.75, 3.05) is 11.6 Å². The van der Waals surface area contributed by atoms with Crippen molar-refractivity contribution in [2.45, 2.75) is 37.0 Å². The lowest BCUT2D eigenvalue weighted by Gasteiger charge is -2.26. The molecule has 0 spiro atoms. The normalized spacial score (nSPS) is 30.3. The molecule has 0 aromatic rings. The average Bonchev–Trinajstić information content (AvgIpc) is 2.04. The predicted molar refractivity (Wildman–Crippen MR) is 52.8 cm³/mol. The fourth-order valence-corrected chi connectivity index (χ4v) is 4.06. The number of aliphatic hydroxyl groups excluding tert-OH is 1. The molecule has 1 N–H and O–H groups in total. The molecule has 0 aliphatic heterocycles. The van der Waals surface area contributed by atoms with Gasteiger partial charge in [-0.3, -0.25) is 0 Å². The quantitative estimate of drug-likeness (QED) is 0.729. The molecule has 1 aliphatic rings. The Morgan fingerprint density at radius 1 is 1.31 bits per heavy atom. The van der Waals surface area contributed by atoms with Crippen molar-refractivity contribution in [1.29, 1.82) is 0 Å². The molecular weight excluding hydrogens is 212 g/mol. The molecule has 3 nitrogen and oxygen atoms in total. The molecule has 0 bridgehead atoms. The molecule has 0 radical (unpaired) electrons. The van der Waals surface area contributed by atoms with Crippen LogP contribution in [0.2, 0.25) is 0 Å². The van der Waals surface area contributed by atoms with Crippen LogP contribution in [0, 0.1) is 0 Å². The molecule has 2 atom stereocenters. The van der Waals surface area contributed by atoms with Crippen LogP contribution < -0.4 is 0 Å². The van der Waals surface area contributed by atoms with Gasteiger partial charge in [-0.15, -0.1) is 11.6 Å². The molecule has 1 aliphatic carbocycles. The highest BCUT2D eigenvalue weighted by Crippen LogP contribution is 2.24. The Morgan fingerprint density at radius 2 is 1.92 bits per heavy atom. The number of rotatable bonds is 3. The van der Waals surface area contributed by atoms with Gasteiger partial charge >= 0.3 is 0 Å². The van der Waals surface area contributed by atoms with Crippen LogP contribution >= 0.6 is 11.6 Å². The number of hydrogen-bond acceptors (Lipinski definition) is 3. The Bertz CT molecular complexity index is 250. The molecule has 13 heavy (non-hydrogen) atoms. The third kappa shape index (κ3) is 2.82. The third-order valence-electron chi connectivity index (χ3n) is 2.49. The topological polar surface area (TPSA) is 54.4 Å². The van der Waals surface area contributed by atoms with Gasteiger partial charge in [0.25, 0.3) is 0 Å². The Morgan fingerprint density at radius 3 is 2.46 bits per heavy atom. The second-order valence-corrected chi connectivity index (χ2v) is 6.16. The summed E-state index contributed by atoms with van der Waals surface area (Å²) in [5.74, 6) is 0.0990. The van der Waals surface area contributed by atoms with Crippen LogP contribution in [0.25, 0.3) is 0 Å². The number of sulfone groups is 1. The molecule has 0 aromatic heterocycles. The molecule has 78 valence electrons. The lowest BCUT2D eigenvalue weighted by Crippen LogP contribution is -2.38. The molecular formula is C8H15ClO3S. The van der Waals surface area contributed by atoms with E-state index in [1.54, 1.807) is 0 Å². The molecule has 1 fully saturated rings. The van der Waals surface area contributed by atoms with Gasteiger partial charge in [0.05, 0.1) is 17.1 Å². The molecule has 1 rings (SSSR count). The first kappa shape index (κ1) is 11.3. The highest BCUT2D eigenvalue weighted by atomic mass is 35.5. The van der Waals surface area contributed by atoms with E-state index in [0.717, 1.165) is 12.8 Å². The van der Waals surface area contributed by atoms with Crippen molar-refractivity contribution in [1.82, 2.24) is 0 Å². The smallest absolute Gasteiger partial charge is 0.156 e. The highest BCUT2D eigenvalue weighted by molar-refractivity contribution is 7.92. The van der Waals surface area contributed by atoms with Gasteiger partial charge in [-0.05, 0) is 12.8 Å². The second kappa shape index (κ2) is 4.62. The SMILES string of the molecule is O=S(=O)(CCCl)[C@H]1CCCC[C@@H]1O. The Kier molecular flexibility index (Phi) is 4.01. The maximum Gasteiger partial charge on any atom is 0.156 e. The molecule has 1 saturated carbocycles. The molecule has 0 amide bonds. The van der Waals surface area contributed by atoms with Crippen LogP contribution in [0.3, 0.4) is 0 Å². The Hall–Kier alpha value is 0.200. The standard InChI is InChI=1S/C8H15ClO3S/c9-5-6-13(11,12)8-4-2-1-3-7(8)10/h7-8,10H,1-6H2/t7-,8-/m0/s1. The van der Waals surface area contributed by atoms with Crippen LogP contribution in [0.1, 0.15) is 25.7 Å². The van der Waals surface area contributed by atoms with Gasteiger partial charge in [0.1, 0.15) is 0 Å². The van der Waals surface area contributed by atoms with Crippen LogP contribution in [0.15, 0.2) is 0 Å². The molecule has 0 unspecified atom stereocenters. The molecule has 0 aromatic carbocycles. The summed E-state index contributed by atoms with van der Waals surface area (Å²) in [6.07, 6.45) is 2.33. The van der Waals surface area contributed by atoms with Gasteiger partial charge in [0.15, 0.2) is 9.84 Å². The summed E-state index contributed by atoms with van der Waals surface area (Å²) in [6, 6.07) is 0. The maximum atomic E-state index is 11.6. The summed E-state index contributed by atoms with van der Waals surface area (Å²) in [4.78, 5) is 0. The van der Waals surface area contributed by atoms with E-state index in [1.165, 1.54) is 0 Å². The lowest BCUT2D eigenvalue weighted by molar-refractivity contribution is 0.133. The second-order valence-electron chi connectivity index (χ2n) is 3.45. The molecule has 0 saturated heterocycles. The van der Waals surface area contributed by atoms with Crippen LogP contribution in [0.5, 0.6) is 0 Å². The third-order valence-corrected chi connectivity index (χ3v) is 5.15. The predicted octanol–water partition coefficient (Wildman–Crippen LogP) is 0.944. The fourth-order valence-electron chi connectivity index (χ4n) is 1.76. The van der Waals surface area contributed by atoms with Crippen molar-refractivity contribution in [3.63, 3.8) is 0 Å².